The summed E-state index contributed by atoms with van der Waals surface area (Å²) in [5.41, 5.74) is -0.291. The molecule has 18 heavy (non-hydrogen) atoms. The Labute approximate surface area is 104 Å². The topological polar surface area (TPSA) is 22.1 Å². The lowest BCUT2D eigenvalue weighted by Gasteiger charge is -2.04. The SMILES string of the molecule is CCCOc1ccc(F)c2nc(C(F)(F)F)sc12. The van der Waals surface area contributed by atoms with Crippen molar-refractivity contribution in [1.29, 1.82) is 0 Å². The first-order valence-electron chi connectivity index (χ1n) is 5.22. The molecule has 2 rings (SSSR count). The minimum absolute atomic E-state index is 0.0933. The van der Waals surface area contributed by atoms with Crippen molar-refractivity contribution >= 4 is 21.6 Å². The Kier molecular flexibility index (Phi) is 3.43. The first-order chi connectivity index (χ1) is 8.43. The highest BCUT2D eigenvalue weighted by atomic mass is 32.1. The van der Waals surface area contributed by atoms with Crippen molar-refractivity contribution in [3.05, 3.63) is 23.0 Å². The maximum atomic E-state index is 13.4. The van der Waals surface area contributed by atoms with Crippen molar-refractivity contribution < 1.29 is 22.3 Å². The van der Waals surface area contributed by atoms with E-state index in [4.69, 9.17) is 4.74 Å². The van der Waals surface area contributed by atoms with Crippen molar-refractivity contribution in [2.75, 3.05) is 6.61 Å². The highest BCUT2D eigenvalue weighted by Gasteiger charge is 2.35. The molecule has 0 saturated carbocycles. The Bertz CT molecular complexity index is 564. The van der Waals surface area contributed by atoms with Crippen LogP contribution in [0.1, 0.15) is 18.4 Å². The van der Waals surface area contributed by atoms with Gasteiger partial charge in [-0.3, -0.25) is 0 Å². The Morgan fingerprint density at radius 2 is 2.06 bits per heavy atom. The number of ether oxygens (including phenoxy) is 1. The van der Waals surface area contributed by atoms with Crippen LogP contribution in [0.15, 0.2) is 12.1 Å². The summed E-state index contributed by atoms with van der Waals surface area (Å²) >= 11 is 0.394. The summed E-state index contributed by atoms with van der Waals surface area (Å²) < 4.78 is 56.4. The quantitative estimate of drug-likeness (QED) is 0.784. The number of thiazole rings is 1. The van der Waals surface area contributed by atoms with Crippen LogP contribution in [-0.4, -0.2) is 11.6 Å². The third-order valence-corrected chi connectivity index (χ3v) is 3.28. The van der Waals surface area contributed by atoms with E-state index >= 15 is 0 Å². The molecule has 0 atom stereocenters. The highest BCUT2D eigenvalue weighted by molar-refractivity contribution is 7.19. The third kappa shape index (κ3) is 2.40. The molecule has 0 aliphatic carbocycles. The van der Waals surface area contributed by atoms with Gasteiger partial charge in [-0.15, -0.1) is 11.3 Å². The molecule has 0 bridgehead atoms. The molecule has 1 aromatic heterocycles. The number of nitrogens with zero attached hydrogens (tertiary/aromatic N) is 1. The molecular formula is C11H9F4NOS. The standard InChI is InChI=1S/C11H9F4NOS/c1-2-5-17-7-4-3-6(12)8-9(7)18-10(16-8)11(13,14)15/h3-4H,2,5H2,1H3. The Morgan fingerprint density at radius 3 is 2.67 bits per heavy atom. The highest BCUT2D eigenvalue weighted by Crippen LogP contribution is 2.39. The first kappa shape index (κ1) is 13.1. The van der Waals surface area contributed by atoms with E-state index in [0.29, 0.717) is 24.4 Å². The lowest BCUT2D eigenvalue weighted by atomic mass is 10.3. The molecule has 1 aromatic carbocycles. The van der Waals surface area contributed by atoms with Gasteiger partial charge < -0.3 is 4.74 Å². The van der Waals surface area contributed by atoms with Crippen molar-refractivity contribution in [1.82, 2.24) is 4.98 Å². The van der Waals surface area contributed by atoms with Gasteiger partial charge in [0.1, 0.15) is 11.3 Å². The molecule has 1 heterocycles. The number of hydrogen-bond donors (Lipinski definition) is 0. The number of rotatable bonds is 3. The minimum Gasteiger partial charge on any atom is -0.492 e. The fourth-order valence-corrected chi connectivity index (χ4v) is 2.31. The van der Waals surface area contributed by atoms with Crippen LogP contribution in [0, 0.1) is 5.82 Å². The van der Waals surface area contributed by atoms with E-state index in [9.17, 15) is 17.6 Å². The van der Waals surface area contributed by atoms with Gasteiger partial charge in [-0.25, -0.2) is 9.37 Å². The average molecular weight is 279 g/mol. The second kappa shape index (κ2) is 4.72. The smallest absolute Gasteiger partial charge is 0.443 e. The predicted molar refractivity (Wildman–Crippen MR) is 60.4 cm³/mol. The van der Waals surface area contributed by atoms with Crippen molar-refractivity contribution in [2.45, 2.75) is 19.5 Å². The number of halogens is 4. The van der Waals surface area contributed by atoms with Crippen LogP contribution in [0.25, 0.3) is 10.2 Å². The zero-order chi connectivity index (χ0) is 13.3. The fourth-order valence-electron chi connectivity index (χ4n) is 1.40. The van der Waals surface area contributed by atoms with E-state index in [-0.39, 0.29) is 16.0 Å². The summed E-state index contributed by atoms with van der Waals surface area (Å²) in [4.78, 5) is 3.29. The van der Waals surface area contributed by atoms with Crippen LogP contribution in [0.5, 0.6) is 5.75 Å². The second-order valence-corrected chi connectivity index (χ2v) is 4.59. The molecule has 0 amide bonds. The molecule has 7 heteroatoms. The monoisotopic (exact) mass is 279 g/mol. The van der Waals surface area contributed by atoms with Crippen LogP contribution in [0.4, 0.5) is 17.6 Å². The molecule has 0 radical (unpaired) electrons. The van der Waals surface area contributed by atoms with Crippen LogP contribution < -0.4 is 4.74 Å². The zero-order valence-corrected chi connectivity index (χ0v) is 10.2. The zero-order valence-electron chi connectivity index (χ0n) is 9.34. The molecule has 0 fully saturated rings. The van der Waals surface area contributed by atoms with Gasteiger partial charge in [-0.05, 0) is 18.6 Å². The van der Waals surface area contributed by atoms with E-state index in [1.54, 1.807) is 0 Å². The molecule has 0 aliphatic heterocycles. The summed E-state index contributed by atoms with van der Waals surface area (Å²) in [5, 5.41) is -1.07. The number of benzene rings is 1. The molecule has 0 spiro atoms. The molecule has 2 nitrogen and oxygen atoms in total. The first-order valence-corrected chi connectivity index (χ1v) is 6.04. The lowest BCUT2D eigenvalue weighted by molar-refractivity contribution is -0.137. The van der Waals surface area contributed by atoms with Gasteiger partial charge in [0.25, 0.3) is 0 Å². The number of hydrogen-bond acceptors (Lipinski definition) is 3. The maximum absolute atomic E-state index is 13.4. The van der Waals surface area contributed by atoms with Crippen LogP contribution in [-0.2, 0) is 6.18 Å². The number of alkyl halides is 3. The van der Waals surface area contributed by atoms with Gasteiger partial charge in [-0.2, -0.15) is 13.2 Å². The summed E-state index contributed by atoms with van der Waals surface area (Å²) in [6.45, 7) is 2.23. The van der Waals surface area contributed by atoms with E-state index in [1.165, 1.54) is 6.07 Å². The van der Waals surface area contributed by atoms with Crippen molar-refractivity contribution in [3.8, 4) is 5.75 Å². The molecular weight excluding hydrogens is 270 g/mol. The van der Waals surface area contributed by atoms with E-state index < -0.39 is 17.0 Å². The van der Waals surface area contributed by atoms with Crippen LogP contribution >= 0.6 is 11.3 Å². The average Bonchev–Trinajstić information content (AvgIpc) is 2.74. The van der Waals surface area contributed by atoms with Gasteiger partial charge >= 0.3 is 6.18 Å². The molecule has 0 aliphatic rings. The van der Waals surface area contributed by atoms with Gasteiger partial charge in [0.2, 0.25) is 0 Å². The predicted octanol–water partition coefficient (Wildman–Crippen LogP) is 4.24. The van der Waals surface area contributed by atoms with Gasteiger partial charge in [0, 0.05) is 0 Å². The summed E-state index contributed by atoms with van der Waals surface area (Å²) in [7, 11) is 0. The summed E-state index contributed by atoms with van der Waals surface area (Å²) in [5.74, 6) is -0.540. The van der Waals surface area contributed by atoms with E-state index in [0.717, 1.165) is 6.07 Å². The largest absolute Gasteiger partial charge is 0.492 e. The van der Waals surface area contributed by atoms with E-state index in [1.807, 2.05) is 6.92 Å². The number of aromatic nitrogens is 1. The van der Waals surface area contributed by atoms with E-state index in [2.05, 4.69) is 4.98 Å². The number of fused-ring (bicyclic) bond motifs is 1. The van der Waals surface area contributed by atoms with Crippen LogP contribution in [0.2, 0.25) is 0 Å². The second-order valence-electron chi connectivity index (χ2n) is 3.59. The Hall–Kier alpha value is -1.37. The molecule has 0 saturated heterocycles. The molecule has 0 unspecified atom stereocenters. The Morgan fingerprint density at radius 1 is 1.33 bits per heavy atom. The van der Waals surface area contributed by atoms with Gasteiger partial charge in [0.15, 0.2) is 10.8 Å². The normalized spacial score (nSPS) is 12.1. The lowest BCUT2D eigenvalue weighted by Crippen LogP contribution is -2.03. The van der Waals surface area contributed by atoms with Gasteiger partial charge in [0.05, 0.1) is 11.3 Å². The molecule has 98 valence electrons. The molecule has 2 aromatic rings. The Balaban J connectivity index is 2.55. The molecule has 0 N–H and O–H groups in total. The summed E-state index contributed by atoms with van der Waals surface area (Å²) in [6, 6.07) is 2.39. The third-order valence-electron chi connectivity index (χ3n) is 2.16. The fraction of sp³-hybridized carbons (Fsp3) is 0.364. The van der Waals surface area contributed by atoms with Crippen molar-refractivity contribution in [2.24, 2.45) is 0 Å². The minimum atomic E-state index is -4.57. The van der Waals surface area contributed by atoms with Crippen molar-refractivity contribution in [3.63, 3.8) is 0 Å². The van der Waals surface area contributed by atoms with Gasteiger partial charge in [-0.1, -0.05) is 6.92 Å². The summed E-state index contributed by atoms with van der Waals surface area (Å²) in [6.07, 6.45) is -3.86. The maximum Gasteiger partial charge on any atom is 0.443 e. The van der Waals surface area contributed by atoms with Crippen LogP contribution in [0.3, 0.4) is 0 Å².